The molecule has 0 bridgehead atoms. The van der Waals surface area contributed by atoms with Crippen molar-refractivity contribution in [3.63, 3.8) is 0 Å². The van der Waals surface area contributed by atoms with E-state index < -0.39 is 0 Å². The molecule has 9 heteroatoms. The number of nitrogens with one attached hydrogen (secondary N) is 1. The predicted octanol–water partition coefficient (Wildman–Crippen LogP) is 5.33. The summed E-state index contributed by atoms with van der Waals surface area (Å²) in [6, 6.07) is 17.0. The number of amidine groups is 1. The van der Waals surface area contributed by atoms with Crippen molar-refractivity contribution in [1.82, 2.24) is 10.1 Å². The maximum atomic E-state index is 12.8. The standard InChI is InChI=1S/C22H15Cl2N5O2/c23-17-7-5-14(12-16(17)19-3-1-2-9-26-19)28-22(30)15-6-4-13(11-18(15)24)21(25)29-20-8-10-27-31-20/h1-12H,(H2,25,29)(H,28,30). The molecular weight excluding hydrogens is 437 g/mol. The largest absolute Gasteiger partial charge is 0.383 e. The van der Waals surface area contributed by atoms with E-state index in [4.69, 9.17) is 33.5 Å². The molecular formula is C22H15Cl2N5O2. The lowest BCUT2D eigenvalue weighted by molar-refractivity contribution is 0.102. The van der Waals surface area contributed by atoms with Gasteiger partial charge in [-0.15, -0.1) is 0 Å². The average molecular weight is 452 g/mol. The summed E-state index contributed by atoms with van der Waals surface area (Å²) in [4.78, 5) is 21.2. The van der Waals surface area contributed by atoms with Gasteiger partial charge in [-0.25, -0.2) is 0 Å². The van der Waals surface area contributed by atoms with Gasteiger partial charge in [-0.3, -0.25) is 9.78 Å². The van der Waals surface area contributed by atoms with Crippen molar-refractivity contribution in [2.24, 2.45) is 10.7 Å². The van der Waals surface area contributed by atoms with Crippen LogP contribution in [-0.4, -0.2) is 21.9 Å². The van der Waals surface area contributed by atoms with Crippen LogP contribution in [0.15, 0.2) is 82.6 Å². The fourth-order valence-corrected chi connectivity index (χ4v) is 3.31. The number of hydrogen-bond donors (Lipinski definition) is 2. The van der Waals surface area contributed by atoms with Gasteiger partial charge in [-0.05, 0) is 42.5 Å². The first kappa shape index (κ1) is 20.6. The molecule has 0 saturated carbocycles. The highest BCUT2D eigenvalue weighted by molar-refractivity contribution is 6.35. The number of benzene rings is 2. The van der Waals surface area contributed by atoms with Crippen LogP contribution in [0.4, 0.5) is 11.6 Å². The first-order chi connectivity index (χ1) is 15.0. The number of amides is 1. The van der Waals surface area contributed by atoms with Gasteiger partial charge in [-0.2, -0.15) is 4.99 Å². The number of halogens is 2. The Morgan fingerprint density at radius 1 is 1.00 bits per heavy atom. The Kier molecular flexibility index (Phi) is 5.97. The summed E-state index contributed by atoms with van der Waals surface area (Å²) in [5.41, 5.74) is 8.77. The highest BCUT2D eigenvalue weighted by Gasteiger charge is 2.14. The highest BCUT2D eigenvalue weighted by atomic mass is 35.5. The number of hydrogen-bond acceptors (Lipinski definition) is 5. The second-order valence-electron chi connectivity index (χ2n) is 6.41. The van der Waals surface area contributed by atoms with Crippen molar-refractivity contribution < 1.29 is 9.32 Å². The Hall–Kier alpha value is -3.68. The van der Waals surface area contributed by atoms with Crippen molar-refractivity contribution in [1.29, 1.82) is 0 Å². The first-order valence-electron chi connectivity index (χ1n) is 9.08. The van der Waals surface area contributed by atoms with Gasteiger partial charge < -0.3 is 15.6 Å². The Balaban J connectivity index is 1.55. The van der Waals surface area contributed by atoms with E-state index in [0.717, 1.165) is 0 Å². The van der Waals surface area contributed by atoms with E-state index in [1.54, 1.807) is 48.7 Å². The molecule has 4 rings (SSSR count). The number of rotatable bonds is 5. The summed E-state index contributed by atoms with van der Waals surface area (Å²) < 4.78 is 4.91. The molecule has 0 unspecified atom stereocenters. The Morgan fingerprint density at radius 3 is 2.58 bits per heavy atom. The number of aliphatic imine (C=N–C) groups is 1. The van der Waals surface area contributed by atoms with Gasteiger partial charge in [0, 0.05) is 29.1 Å². The van der Waals surface area contributed by atoms with E-state index >= 15 is 0 Å². The predicted molar refractivity (Wildman–Crippen MR) is 121 cm³/mol. The molecule has 0 aliphatic heterocycles. The SMILES string of the molecule is NC(=Nc1ccno1)c1ccc(C(=O)Nc2ccc(Cl)c(-c3ccccn3)c2)c(Cl)c1. The number of nitrogens with zero attached hydrogens (tertiary/aromatic N) is 3. The van der Waals surface area contributed by atoms with Crippen LogP contribution in [0.25, 0.3) is 11.3 Å². The van der Waals surface area contributed by atoms with Crippen molar-refractivity contribution in [3.8, 4) is 11.3 Å². The quantitative estimate of drug-likeness (QED) is 0.314. The topological polar surface area (TPSA) is 106 Å². The maximum Gasteiger partial charge on any atom is 0.257 e. The molecule has 154 valence electrons. The molecule has 31 heavy (non-hydrogen) atoms. The Morgan fingerprint density at radius 2 is 1.87 bits per heavy atom. The molecule has 7 nitrogen and oxygen atoms in total. The number of nitrogens with two attached hydrogens (primary N) is 1. The lowest BCUT2D eigenvalue weighted by Gasteiger charge is -2.11. The van der Waals surface area contributed by atoms with E-state index in [1.165, 1.54) is 6.20 Å². The molecule has 3 N–H and O–H groups in total. The van der Waals surface area contributed by atoms with Crippen LogP contribution in [0, 0.1) is 0 Å². The second-order valence-corrected chi connectivity index (χ2v) is 7.22. The first-order valence-corrected chi connectivity index (χ1v) is 9.84. The molecule has 2 aromatic heterocycles. The maximum absolute atomic E-state index is 12.8. The van der Waals surface area contributed by atoms with Crippen LogP contribution in [0.2, 0.25) is 10.0 Å². The minimum Gasteiger partial charge on any atom is -0.383 e. The monoisotopic (exact) mass is 451 g/mol. The summed E-state index contributed by atoms with van der Waals surface area (Å²) in [6.45, 7) is 0. The fraction of sp³-hybridized carbons (Fsp3) is 0. The summed E-state index contributed by atoms with van der Waals surface area (Å²) >= 11 is 12.6. The highest BCUT2D eigenvalue weighted by Crippen LogP contribution is 2.30. The van der Waals surface area contributed by atoms with E-state index in [2.05, 4.69) is 20.4 Å². The lowest BCUT2D eigenvalue weighted by Crippen LogP contribution is -2.15. The Bertz CT molecular complexity index is 1260. The number of aromatic nitrogens is 2. The Labute approximate surface area is 187 Å². The molecule has 2 heterocycles. The number of pyridine rings is 1. The van der Waals surface area contributed by atoms with Gasteiger partial charge in [0.1, 0.15) is 5.84 Å². The minimum atomic E-state index is -0.378. The van der Waals surface area contributed by atoms with Gasteiger partial charge >= 0.3 is 0 Å². The van der Waals surface area contributed by atoms with Crippen LogP contribution in [0.3, 0.4) is 0 Å². The third kappa shape index (κ3) is 4.74. The normalized spacial score (nSPS) is 11.4. The number of carbonyl (C=O) groups excluding carboxylic acids is 1. The van der Waals surface area contributed by atoms with Gasteiger partial charge in [0.2, 0.25) is 0 Å². The molecule has 0 aliphatic carbocycles. The van der Waals surface area contributed by atoms with E-state index in [-0.39, 0.29) is 28.2 Å². The number of carbonyl (C=O) groups is 1. The van der Waals surface area contributed by atoms with Crippen molar-refractivity contribution in [2.45, 2.75) is 0 Å². The van der Waals surface area contributed by atoms with E-state index in [9.17, 15) is 4.79 Å². The molecule has 0 aliphatic rings. The van der Waals surface area contributed by atoms with Crippen molar-refractivity contribution in [3.05, 3.63) is 94.2 Å². The number of anilines is 1. The molecule has 0 saturated heterocycles. The van der Waals surface area contributed by atoms with E-state index in [1.807, 2.05) is 18.2 Å². The smallest absolute Gasteiger partial charge is 0.257 e. The van der Waals surface area contributed by atoms with Crippen molar-refractivity contribution >= 4 is 46.5 Å². The average Bonchev–Trinajstić information content (AvgIpc) is 3.28. The van der Waals surface area contributed by atoms with Gasteiger partial charge in [0.25, 0.3) is 11.8 Å². The lowest BCUT2D eigenvalue weighted by atomic mass is 10.1. The molecule has 2 aromatic carbocycles. The van der Waals surface area contributed by atoms with Crippen LogP contribution >= 0.6 is 23.2 Å². The van der Waals surface area contributed by atoms with Gasteiger partial charge in [0.05, 0.1) is 27.5 Å². The minimum absolute atomic E-state index is 0.184. The summed E-state index contributed by atoms with van der Waals surface area (Å²) in [7, 11) is 0. The van der Waals surface area contributed by atoms with Crippen LogP contribution < -0.4 is 11.1 Å². The zero-order valence-corrected chi connectivity index (χ0v) is 17.4. The van der Waals surface area contributed by atoms with E-state index in [0.29, 0.717) is 27.5 Å². The van der Waals surface area contributed by atoms with Crippen LogP contribution in [0.1, 0.15) is 15.9 Å². The zero-order chi connectivity index (χ0) is 21.8. The van der Waals surface area contributed by atoms with Crippen LogP contribution in [0.5, 0.6) is 0 Å². The molecule has 0 radical (unpaired) electrons. The molecule has 1 amide bonds. The van der Waals surface area contributed by atoms with Gasteiger partial charge in [-0.1, -0.05) is 40.5 Å². The molecule has 0 spiro atoms. The summed E-state index contributed by atoms with van der Waals surface area (Å²) in [5, 5.41) is 7.15. The molecule has 0 atom stereocenters. The summed E-state index contributed by atoms with van der Waals surface area (Å²) in [5.74, 6) is 0.0711. The zero-order valence-electron chi connectivity index (χ0n) is 15.9. The molecule has 4 aromatic rings. The van der Waals surface area contributed by atoms with Crippen molar-refractivity contribution in [2.75, 3.05) is 5.32 Å². The van der Waals surface area contributed by atoms with Gasteiger partial charge in [0.15, 0.2) is 0 Å². The second kappa shape index (κ2) is 8.99. The molecule has 0 fully saturated rings. The summed E-state index contributed by atoms with van der Waals surface area (Å²) in [6.07, 6.45) is 3.14. The van der Waals surface area contributed by atoms with Crippen LogP contribution in [-0.2, 0) is 0 Å². The fourth-order valence-electron chi connectivity index (χ4n) is 2.83. The third-order valence-corrected chi connectivity index (χ3v) is 4.97. The third-order valence-electron chi connectivity index (χ3n) is 4.33.